The number of carbonyl (C=O) groups excluding carboxylic acids is 2. The summed E-state index contributed by atoms with van der Waals surface area (Å²) in [7, 11) is 0. The Hall–Kier alpha value is -3.04. The van der Waals surface area contributed by atoms with Crippen LogP contribution in [-0.2, 0) is 9.47 Å². The molecule has 10 nitrogen and oxygen atoms in total. The second kappa shape index (κ2) is 16.9. The molecule has 0 spiro atoms. The number of rotatable bonds is 1. The normalized spacial score (nSPS) is 18.3. The molecule has 170 valence electrons. The van der Waals surface area contributed by atoms with Crippen molar-refractivity contribution in [1.29, 1.82) is 0 Å². The maximum atomic E-state index is 9.44. The smallest absolute Gasteiger partial charge is 0.450 e. The van der Waals surface area contributed by atoms with Crippen LogP contribution in [0.15, 0.2) is 23.3 Å². The number of cyclic esters (lactones) is 4. The van der Waals surface area contributed by atoms with E-state index in [0.29, 0.717) is 0 Å². The lowest BCUT2D eigenvalue weighted by Gasteiger charge is -2.17. The fraction of sp³-hybridized carbons (Fsp3) is 0.600. The second-order valence-corrected chi connectivity index (χ2v) is 6.63. The molecule has 0 radical (unpaired) electrons. The van der Waals surface area contributed by atoms with Gasteiger partial charge in [-0.3, -0.25) is 0 Å². The minimum Gasteiger partial charge on any atom is -0.450 e. The van der Waals surface area contributed by atoms with Crippen LogP contribution in [0.3, 0.4) is 0 Å². The summed E-state index contributed by atoms with van der Waals surface area (Å²) in [6.45, 7) is 0. The minimum absolute atomic E-state index is 0.917. The van der Waals surface area contributed by atoms with Crippen LogP contribution in [0.25, 0.3) is 0 Å². The van der Waals surface area contributed by atoms with Gasteiger partial charge in [0, 0.05) is 0 Å². The maximum absolute atomic E-state index is 9.44. The average Bonchev–Trinajstić information content (AvgIpc) is 2.54. The molecule has 0 bridgehead atoms. The van der Waals surface area contributed by atoms with Gasteiger partial charge in [0.2, 0.25) is 0 Å². The van der Waals surface area contributed by atoms with Gasteiger partial charge in [-0.05, 0) is 62.5 Å². The van der Waals surface area contributed by atoms with Crippen LogP contribution in [0.5, 0.6) is 0 Å². The number of hydrogen-bond donors (Lipinski definition) is 4. The molecule has 1 saturated heterocycles. The highest BCUT2D eigenvalue weighted by Gasteiger charge is 2.27. The molecule has 10 heteroatoms. The first-order valence-electron chi connectivity index (χ1n) is 9.88. The third-order valence-electron chi connectivity index (χ3n) is 4.33. The molecule has 1 aliphatic heterocycles. The Labute approximate surface area is 174 Å². The standard InChI is InChI=1S/C16H26.C2O4.2CH2O3/c1-3-7-11-15(12-8-4-1)16-13-9-5-2-6-10-14-16;3-1-5-2(4)6-1;2*2-1(3)4/h11,13H,1-10,12,14H2;;2*(H2,2,3,4). The van der Waals surface area contributed by atoms with Gasteiger partial charge in [0.15, 0.2) is 0 Å². The zero-order valence-corrected chi connectivity index (χ0v) is 16.9. The Morgan fingerprint density at radius 2 is 0.900 bits per heavy atom. The molecular weight excluding hydrogens is 400 g/mol. The summed E-state index contributed by atoms with van der Waals surface area (Å²) in [6.07, 6.45) is 16.4. The molecule has 0 aromatic heterocycles. The van der Waals surface area contributed by atoms with E-state index < -0.39 is 24.6 Å². The van der Waals surface area contributed by atoms with E-state index in [4.69, 9.17) is 30.0 Å². The van der Waals surface area contributed by atoms with E-state index >= 15 is 0 Å². The number of allylic oxidation sites excluding steroid dienone is 4. The van der Waals surface area contributed by atoms with Crippen molar-refractivity contribution >= 4 is 24.6 Å². The molecule has 0 aromatic rings. The highest BCUT2D eigenvalue weighted by molar-refractivity contribution is 5.93. The SMILES string of the molecule is C1=C(C2=CCCCCCC2)CCCCCC1.O=C(O)O.O=C(O)O.O=C1OC(=O)O1. The Balaban J connectivity index is 0.000000492. The number of carboxylic acid groups (broad SMARTS) is 4. The van der Waals surface area contributed by atoms with Gasteiger partial charge in [-0.1, -0.05) is 37.8 Å². The van der Waals surface area contributed by atoms with Crippen molar-refractivity contribution in [2.24, 2.45) is 0 Å². The lowest BCUT2D eigenvalue weighted by Crippen LogP contribution is -2.27. The van der Waals surface area contributed by atoms with Crippen molar-refractivity contribution in [2.45, 2.75) is 77.0 Å². The Morgan fingerprint density at radius 1 is 0.600 bits per heavy atom. The third kappa shape index (κ3) is 17.1. The molecule has 3 aliphatic rings. The van der Waals surface area contributed by atoms with Crippen LogP contribution >= 0.6 is 0 Å². The topological polar surface area (TPSA) is 168 Å². The quantitative estimate of drug-likeness (QED) is 0.275. The van der Waals surface area contributed by atoms with Gasteiger partial charge in [0.25, 0.3) is 0 Å². The molecule has 0 atom stereocenters. The van der Waals surface area contributed by atoms with Gasteiger partial charge in [-0.25, -0.2) is 19.2 Å². The Kier molecular flexibility index (Phi) is 15.2. The fourth-order valence-corrected chi connectivity index (χ4v) is 3.11. The van der Waals surface area contributed by atoms with Crippen LogP contribution in [0.2, 0.25) is 0 Å². The molecule has 3 rings (SSSR count). The van der Waals surface area contributed by atoms with Gasteiger partial charge < -0.3 is 29.9 Å². The van der Waals surface area contributed by atoms with Crippen LogP contribution in [-0.4, -0.2) is 45.0 Å². The molecule has 2 aliphatic carbocycles. The van der Waals surface area contributed by atoms with Crippen molar-refractivity contribution in [3.8, 4) is 0 Å². The summed E-state index contributed by atoms with van der Waals surface area (Å²) in [6, 6.07) is 0. The first-order valence-corrected chi connectivity index (χ1v) is 9.88. The van der Waals surface area contributed by atoms with Gasteiger partial charge in [0.05, 0.1) is 0 Å². The van der Waals surface area contributed by atoms with Gasteiger partial charge in [0.1, 0.15) is 0 Å². The molecule has 0 saturated carbocycles. The first kappa shape index (κ1) is 27.0. The van der Waals surface area contributed by atoms with Crippen LogP contribution in [0, 0.1) is 0 Å². The molecule has 0 aromatic carbocycles. The third-order valence-corrected chi connectivity index (χ3v) is 4.33. The lowest BCUT2D eigenvalue weighted by atomic mass is 9.89. The molecular formula is C20H30O10. The predicted molar refractivity (Wildman–Crippen MR) is 106 cm³/mol. The summed E-state index contributed by atoms with van der Waals surface area (Å²) in [4.78, 5) is 36.0. The van der Waals surface area contributed by atoms with E-state index in [9.17, 15) is 9.59 Å². The molecule has 4 N–H and O–H groups in total. The fourth-order valence-electron chi connectivity index (χ4n) is 3.11. The first-order chi connectivity index (χ1) is 14.2. The van der Waals surface area contributed by atoms with Crippen molar-refractivity contribution in [3.05, 3.63) is 23.3 Å². The van der Waals surface area contributed by atoms with E-state index in [1.807, 2.05) is 0 Å². The Bertz CT molecular complexity index is 551. The monoisotopic (exact) mass is 430 g/mol. The van der Waals surface area contributed by atoms with Crippen molar-refractivity contribution in [3.63, 3.8) is 0 Å². The van der Waals surface area contributed by atoms with E-state index in [0.717, 1.165) is 0 Å². The number of ether oxygens (including phenoxy) is 2. The minimum atomic E-state index is -1.83. The highest BCUT2D eigenvalue weighted by atomic mass is 16.9. The van der Waals surface area contributed by atoms with Crippen LogP contribution in [0.4, 0.5) is 19.2 Å². The summed E-state index contributed by atoms with van der Waals surface area (Å²) >= 11 is 0. The number of hydrogen-bond acceptors (Lipinski definition) is 6. The highest BCUT2D eigenvalue weighted by Crippen LogP contribution is 2.28. The number of carbonyl (C=O) groups is 4. The molecule has 1 heterocycles. The maximum Gasteiger partial charge on any atom is 0.528 e. The average molecular weight is 430 g/mol. The second-order valence-electron chi connectivity index (χ2n) is 6.63. The van der Waals surface area contributed by atoms with Gasteiger partial charge in [-0.15, -0.1) is 0 Å². The van der Waals surface area contributed by atoms with Crippen molar-refractivity contribution in [1.82, 2.24) is 0 Å². The van der Waals surface area contributed by atoms with Crippen molar-refractivity contribution in [2.75, 3.05) is 0 Å². The van der Waals surface area contributed by atoms with E-state index in [2.05, 4.69) is 21.6 Å². The summed E-state index contributed by atoms with van der Waals surface area (Å²) in [5, 5.41) is 27.9. The molecule has 30 heavy (non-hydrogen) atoms. The van der Waals surface area contributed by atoms with E-state index in [1.165, 1.54) is 77.0 Å². The zero-order chi connectivity index (χ0) is 22.8. The predicted octanol–water partition coefficient (Wildman–Crippen LogP) is 6.27. The van der Waals surface area contributed by atoms with E-state index in [-0.39, 0.29) is 0 Å². The largest absolute Gasteiger partial charge is 0.528 e. The lowest BCUT2D eigenvalue weighted by molar-refractivity contribution is 0.00673. The van der Waals surface area contributed by atoms with Crippen LogP contribution in [0.1, 0.15) is 77.0 Å². The summed E-state index contributed by atoms with van der Waals surface area (Å²) in [5.41, 5.74) is 3.42. The molecule has 0 amide bonds. The molecule has 0 unspecified atom stereocenters. The zero-order valence-electron chi connectivity index (χ0n) is 16.9. The van der Waals surface area contributed by atoms with Crippen LogP contribution < -0.4 is 0 Å². The summed E-state index contributed by atoms with van der Waals surface area (Å²) < 4.78 is 7.28. The van der Waals surface area contributed by atoms with E-state index in [1.54, 1.807) is 11.1 Å². The van der Waals surface area contributed by atoms with Gasteiger partial charge >= 0.3 is 24.6 Å². The van der Waals surface area contributed by atoms with Gasteiger partial charge in [-0.2, -0.15) is 0 Å². The Morgan fingerprint density at radius 3 is 1.17 bits per heavy atom. The summed E-state index contributed by atoms with van der Waals surface area (Å²) in [5.74, 6) is 0. The van der Waals surface area contributed by atoms with Crippen molar-refractivity contribution < 1.29 is 49.1 Å². The molecule has 1 fully saturated rings.